The molecule has 1 aromatic carbocycles. The van der Waals surface area contributed by atoms with Gasteiger partial charge in [0.25, 0.3) is 0 Å². The van der Waals surface area contributed by atoms with Gasteiger partial charge in [0, 0.05) is 25.6 Å². The molecule has 0 aromatic heterocycles. The molecule has 0 radical (unpaired) electrons. The molecule has 0 bridgehead atoms. The van der Waals surface area contributed by atoms with E-state index in [1.807, 2.05) is 30.3 Å². The van der Waals surface area contributed by atoms with E-state index in [1.165, 1.54) is 0 Å². The highest BCUT2D eigenvalue weighted by atomic mass is 19.4. The molecule has 0 unspecified atom stereocenters. The molecule has 1 fully saturated rings. The summed E-state index contributed by atoms with van der Waals surface area (Å²) >= 11 is 0. The number of ether oxygens (including phenoxy) is 2. The molecule has 9 heteroatoms. The quantitative estimate of drug-likeness (QED) is 0.644. The van der Waals surface area contributed by atoms with Gasteiger partial charge in [-0.25, -0.2) is 0 Å². The van der Waals surface area contributed by atoms with E-state index in [2.05, 4.69) is 10.1 Å². The average Bonchev–Trinajstić information content (AvgIpc) is 2.67. The van der Waals surface area contributed by atoms with Crippen molar-refractivity contribution in [3.8, 4) is 5.75 Å². The Morgan fingerprint density at radius 2 is 1.79 bits per heavy atom. The minimum absolute atomic E-state index is 0.0182. The first-order valence-electron chi connectivity index (χ1n) is 9.23. The molecule has 2 amide bonds. The lowest BCUT2D eigenvalue weighted by Crippen LogP contribution is -2.43. The normalized spacial score (nSPS) is 15.3. The highest BCUT2D eigenvalue weighted by Gasteiger charge is 2.28. The zero-order valence-corrected chi connectivity index (χ0v) is 15.5. The Morgan fingerprint density at radius 3 is 2.43 bits per heavy atom. The molecule has 0 atom stereocenters. The molecule has 1 aliphatic heterocycles. The second-order valence-electron chi connectivity index (χ2n) is 6.53. The van der Waals surface area contributed by atoms with Crippen molar-refractivity contribution in [2.75, 3.05) is 39.5 Å². The second-order valence-corrected chi connectivity index (χ2v) is 6.53. The minimum atomic E-state index is -4.37. The van der Waals surface area contributed by atoms with Crippen LogP contribution in [0.5, 0.6) is 5.75 Å². The van der Waals surface area contributed by atoms with E-state index < -0.39 is 12.8 Å². The van der Waals surface area contributed by atoms with E-state index >= 15 is 0 Å². The van der Waals surface area contributed by atoms with Crippen molar-refractivity contribution in [3.05, 3.63) is 30.3 Å². The van der Waals surface area contributed by atoms with Crippen LogP contribution in [-0.4, -0.2) is 62.3 Å². The number of halogens is 3. The number of piperidine rings is 1. The predicted molar refractivity (Wildman–Crippen MR) is 95.7 cm³/mol. The number of nitrogens with one attached hydrogen (secondary N) is 1. The molecule has 1 aromatic rings. The number of benzene rings is 1. The molecule has 1 N–H and O–H groups in total. The molecular weight excluding hydrogens is 377 g/mol. The Morgan fingerprint density at radius 1 is 1.11 bits per heavy atom. The maximum atomic E-state index is 12.2. The van der Waals surface area contributed by atoms with E-state index in [1.54, 1.807) is 4.90 Å². The molecule has 0 aliphatic carbocycles. The van der Waals surface area contributed by atoms with Crippen LogP contribution in [0.1, 0.15) is 19.3 Å². The molecule has 1 saturated heterocycles. The maximum absolute atomic E-state index is 12.2. The van der Waals surface area contributed by atoms with Gasteiger partial charge in [0.05, 0.1) is 19.6 Å². The van der Waals surface area contributed by atoms with Gasteiger partial charge in [0.2, 0.25) is 11.8 Å². The van der Waals surface area contributed by atoms with Crippen LogP contribution in [0.25, 0.3) is 0 Å². The Kier molecular flexibility index (Phi) is 8.56. The number of para-hydroxylation sites is 1. The number of carbonyl (C=O) groups excluding carboxylic acids is 2. The summed E-state index contributed by atoms with van der Waals surface area (Å²) in [6, 6.07) is 9.24. The Hall–Kier alpha value is -2.29. The van der Waals surface area contributed by atoms with E-state index in [0.29, 0.717) is 38.3 Å². The molecule has 156 valence electrons. The number of carbonyl (C=O) groups is 2. The summed E-state index contributed by atoms with van der Waals surface area (Å²) in [6.45, 7) is -0.229. The van der Waals surface area contributed by atoms with Crippen LogP contribution in [0.4, 0.5) is 13.2 Å². The summed E-state index contributed by atoms with van der Waals surface area (Å²) in [5.74, 6) is 0.239. The van der Waals surface area contributed by atoms with Gasteiger partial charge >= 0.3 is 6.18 Å². The first kappa shape index (κ1) is 22.0. The van der Waals surface area contributed by atoms with Gasteiger partial charge in [-0.15, -0.1) is 0 Å². The van der Waals surface area contributed by atoms with Crippen LogP contribution < -0.4 is 10.1 Å². The average molecular weight is 402 g/mol. The van der Waals surface area contributed by atoms with Crippen LogP contribution >= 0.6 is 0 Å². The summed E-state index contributed by atoms with van der Waals surface area (Å²) in [5, 5.41) is 2.58. The molecular formula is C19H25F3N2O4. The van der Waals surface area contributed by atoms with E-state index in [0.717, 1.165) is 0 Å². The first-order valence-corrected chi connectivity index (χ1v) is 9.23. The fourth-order valence-electron chi connectivity index (χ4n) is 2.90. The van der Waals surface area contributed by atoms with Crippen LogP contribution in [0.2, 0.25) is 0 Å². The largest absolute Gasteiger partial charge is 0.493 e. The third-order valence-corrected chi connectivity index (χ3v) is 4.36. The molecule has 6 nitrogen and oxygen atoms in total. The van der Waals surface area contributed by atoms with Gasteiger partial charge in [-0.3, -0.25) is 9.59 Å². The third kappa shape index (κ3) is 8.16. The first-order chi connectivity index (χ1) is 13.3. The molecule has 1 aliphatic rings. The maximum Gasteiger partial charge on any atom is 0.411 e. The highest BCUT2D eigenvalue weighted by molar-refractivity contribution is 5.80. The van der Waals surface area contributed by atoms with E-state index in [-0.39, 0.29) is 37.3 Å². The van der Waals surface area contributed by atoms with Crippen LogP contribution in [-0.2, 0) is 14.3 Å². The smallest absolute Gasteiger partial charge is 0.411 e. The molecule has 1 heterocycles. The van der Waals surface area contributed by atoms with Gasteiger partial charge in [-0.2, -0.15) is 13.2 Å². The number of nitrogens with zero attached hydrogens (tertiary/aromatic N) is 1. The van der Waals surface area contributed by atoms with Crippen molar-refractivity contribution in [1.29, 1.82) is 0 Å². The van der Waals surface area contributed by atoms with Crippen molar-refractivity contribution in [3.63, 3.8) is 0 Å². The number of hydrogen-bond acceptors (Lipinski definition) is 4. The van der Waals surface area contributed by atoms with Crippen LogP contribution in [0, 0.1) is 5.92 Å². The number of likely N-dealkylation sites (tertiary alicyclic amines) is 1. The van der Waals surface area contributed by atoms with Gasteiger partial charge in [-0.1, -0.05) is 18.2 Å². The topological polar surface area (TPSA) is 67.9 Å². The van der Waals surface area contributed by atoms with Gasteiger partial charge in [0.1, 0.15) is 12.4 Å². The van der Waals surface area contributed by atoms with Gasteiger partial charge < -0.3 is 19.7 Å². The Balaban J connectivity index is 1.58. The van der Waals surface area contributed by atoms with Crippen molar-refractivity contribution >= 4 is 11.8 Å². The lowest BCUT2D eigenvalue weighted by Gasteiger charge is -2.31. The summed E-state index contributed by atoms with van der Waals surface area (Å²) in [5.41, 5.74) is 0. The lowest BCUT2D eigenvalue weighted by atomic mass is 9.95. The molecule has 28 heavy (non-hydrogen) atoms. The summed E-state index contributed by atoms with van der Waals surface area (Å²) in [6.07, 6.45) is -3.04. The van der Waals surface area contributed by atoms with Crippen LogP contribution in [0.3, 0.4) is 0 Å². The van der Waals surface area contributed by atoms with Crippen molar-refractivity contribution < 1.29 is 32.2 Å². The SMILES string of the molecule is O=C(NCCOCC(F)(F)F)C1CCN(C(=O)CCOc2ccccc2)CC1. The molecule has 2 rings (SSSR count). The number of hydrogen-bond donors (Lipinski definition) is 1. The van der Waals surface area contributed by atoms with E-state index in [4.69, 9.17) is 4.74 Å². The zero-order chi connectivity index (χ0) is 20.4. The number of alkyl halides is 3. The number of amides is 2. The standard InChI is InChI=1S/C19H25F3N2O4/c20-19(21,22)14-27-13-9-23-18(26)15-6-10-24(11-7-15)17(25)8-12-28-16-4-2-1-3-5-16/h1-5,15H,6-14H2,(H,23,26). The second kappa shape index (κ2) is 10.9. The van der Waals surface area contributed by atoms with Crippen molar-refractivity contribution in [2.45, 2.75) is 25.4 Å². The van der Waals surface area contributed by atoms with E-state index in [9.17, 15) is 22.8 Å². The zero-order valence-electron chi connectivity index (χ0n) is 15.5. The fraction of sp³-hybridized carbons (Fsp3) is 0.579. The predicted octanol–water partition coefficient (Wildman–Crippen LogP) is 2.39. The fourth-order valence-corrected chi connectivity index (χ4v) is 2.90. The summed E-state index contributed by atoms with van der Waals surface area (Å²) < 4.78 is 45.8. The van der Waals surface area contributed by atoms with Gasteiger partial charge in [-0.05, 0) is 25.0 Å². The Labute approximate surface area is 162 Å². The Bertz CT molecular complexity index is 617. The monoisotopic (exact) mass is 402 g/mol. The molecule has 0 saturated carbocycles. The minimum Gasteiger partial charge on any atom is -0.493 e. The third-order valence-electron chi connectivity index (χ3n) is 4.36. The summed E-state index contributed by atoms with van der Waals surface area (Å²) in [7, 11) is 0. The van der Waals surface area contributed by atoms with Gasteiger partial charge in [0.15, 0.2) is 0 Å². The lowest BCUT2D eigenvalue weighted by molar-refractivity contribution is -0.173. The highest BCUT2D eigenvalue weighted by Crippen LogP contribution is 2.18. The summed E-state index contributed by atoms with van der Waals surface area (Å²) in [4.78, 5) is 26.0. The number of rotatable bonds is 9. The molecule has 0 spiro atoms. The van der Waals surface area contributed by atoms with Crippen molar-refractivity contribution in [1.82, 2.24) is 10.2 Å². The van der Waals surface area contributed by atoms with Crippen molar-refractivity contribution in [2.24, 2.45) is 5.92 Å². The van der Waals surface area contributed by atoms with Crippen LogP contribution in [0.15, 0.2) is 30.3 Å².